The number of hydrogen-bond acceptors (Lipinski definition) is 2. The molecule has 0 radical (unpaired) electrons. The molecule has 1 aliphatic rings. The molecular formula is C13H24N2O3. The fraction of sp³-hybridized carbons (Fsp3) is 0.846. The number of amides is 2. The molecule has 1 aliphatic carbocycles. The molecule has 104 valence electrons. The van der Waals surface area contributed by atoms with Crippen LogP contribution in [0.15, 0.2) is 0 Å². The first-order valence-corrected chi connectivity index (χ1v) is 6.71. The van der Waals surface area contributed by atoms with Crippen molar-refractivity contribution in [1.29, 1.82) is 0 Å². The second-order valence-electron chi connectivity index (χ2n) is 5.53. The normalized spacial score (nSPS) is 23.6. The first kappa shape index (κ1) is 14.8. The Morgan fingerprint density at radius 3 is 2.50 bits per heavy atom. The van der Waals surface area contributed by atoms with Gasteiger partial charge < -0.3 is 15.7 Å². The Balaban J connectivity index is 2.24. The molecule has 18 heavy (non-hydrogen) atoms. The molecule has 3 atom stereocenters. The number of carbonyl (C=O) groups is 2. The van der Waals surface area contributed by atoms with E-state index in [0.717, 1.165) is 12.8 Å². The quantitative estimate of drug-likeness (QED) is 0.650. The summed E-state index contributed by atoms with van der Waals surface area (Å²) in [5.41, 5.74) is 0. The van der Waals surface area contributed by atoms with E-state index in [1.54, 1.807) is 0 Å². The van der Waals surface area contributed by atoms with Gasteiger partial charge in [0, 0.05) is 12.6 Å². The van der Waals surface area contributed by atoms with Gasteiger partial charge in [-0.1, -0.05) is 27.2 Å². The molecule has 0 spiro atoms. The molecule has 3 unspecified atom stereocenters. The van der Waals surface area contributed by atoms with Crippen molar-refractivity contribution in [1.82, 2.24) is 10.6 Å². The van der Waals surface area contributed by atoms with Gasteiger partial charge in [0.1, 0.15) is 0 Å². The predicted octanol–water partition coefficient (Wildman–Crippen LogP) is 1.83. The summed E-state index contributed by atoms with van der Waals surface area (Å²) in [5.74, 6) is -0.440. The minimum absolute atomic E-state index is 0.197. The van der Waals surface area contributed by atoms with Crippen LogP contribution in [0.3, 0.4) is 0 Å². The zero-order valence-corrected chi connectivity index (χ0v) is 11.4. The van der Waals surface area contributed by atoms with E-state index < -0.39 is 11.9 Å². The van der Waals surface area contributed by atoms with Gasteiger partial charge >= 0.3 is 12.0 Å². The molecule has 1 rings (SSSR count). The Labute approximate surface area is 108 Å². The highest BCUT2D eigenvalue weighted by molar-refractivity contribution is 5.76. The molecule has 0 heterocycles. The van der Waals surface area contributed by atoms with E-state index >= 15 is 0 Å². The highest BCUT2D eigenvalue weighted by Gasteiger charge is 2.36. The van der Waals surface area contributed by atoms with Crippen molar-refractivity contribution in [3.05, 3.63) is 0 Å². The van der Waals surface area contributed by atoms with E-state index in [4.69, 9.17) is 5.11 Å². The average Bonchev–Trinajstić information content (AvgIpc) is 3.01. The standard InChI is InChI=1S/C13H24N2O3/c1-4-9-6-11(9)15-13(18)14-7-10(12(16)17)5-8(2)3/h8-11H,4-7H2,1-3H3,(H,16,17)(H2,14,15,18). The van der Waals surface area contributed by atoms with Crippen molar-refractivity contribution >= 4 is 12.0 Å². The van der Waals surface area contributed by atoms with Crippen LogP contribution in [0.1, 0.15) is 40.0 Å². The number of nitrogens with one attached hydrogen (secondary N) is 2. The maximum absolute atomic E-state index is 11.6. The molecule has 0 aromatic carbocycles. The monoisotopic (exact) mass is 256 g/mol. The van der Waals surface area contributed by atoms with Crippen molar-refractivity contribution < 1.29 is 14.7 Å². The maximum atomic E-state index is 11.6. The van der Waals surface area contributed by atoms with Gasteiger partial charge in [-0.25, -0.2) is 4.79 Å². The summed E-state index contributed by atoms with van der Waals surface area (Å²) >= 11 is 0. The lowest BCUT2D eigenvalue weighted by molar-refractivity contribution is -0.142. The summed E-state index contributed by atoms with van der Waals surface area (Å²) in [7, 11) is 0. The molecule has 3 N–H and O–H groups in total. The Hall–Kier alpha value is -1.26. The number of hydrogen-bond donors (Lipinski definition) is 3. The van der Waals surface area contributed by atoms with E-state index in [1.165, 1.54) is 0 Å². The van der Waals surface area contributed by atoms with Gasteiger partial charge in [-0.3, -0.25) is 4.79 Å². The van der Waals surface area contributed by atoms with Crippen LogP contribution >= 0.6 is 0 Å². The molecule has 5 heteroatoms. The van der Waals surface area contributed by atoms with Crippen LogP contribution in [0.5, 0.6) is 0 Å². The number of carboxylic acid groups (broad SMARTS) is 1. The Bertz CT molecular complexity index is 305. The molecule has 5 nitrogen and oxygen atoms in total. The van der Waals surface area contributed by atoms with Crippen molar-refractivity contribution in [3.63, 3.8) is 0 Å². The third-order valence-electron chi connectivity index (χ3n) is 3.38. The van der Waals surface area contributed by atoms with Crippen LogP contribution < -0.4 is 10.6 Å². The highest BCUT2D eigenvalue weighted by Crippen LogP contribution is 2.32. The number of rotatable bonds is 7. The molecule has 1 fully saturated rings. The fourth-order valence-electron chi connectivity index (χ4n) is 2.15. The Morgan fingerprint density at radius 2 is 2.06 bits per heavy atom. The van der Waals surface area contributed by atoms with E-state index in [2.05, 4.69) is 17.6 Å². The zero-order chi connectivity index (χ0) is 13.7. The molecule has 0 aromatic heterocycles. The van der Waals surface area contributed by atoms with Gasteiger partial charge in [-0.15, -0.1) is 0 Å². The lowest BCUT2D eigenvalue weighted by Crippen LogP contribution is -2.41. The zero-order valence-electron chi connectivity index (χ0n) is 11.4. The molecule has 0 aromatic rings. The summed E-state index contributed by atoms with van der Waals surface area (Å²) in [6.07, 6.45) is 2.70. The van der Waals surface area contributed by atoms with Gasteiger partial charge in [0.2, 0.25) is 0 Å². The van der Waals surface area contributed by atoms with Gasteiger partial charge in [0.15, 0.2) is 0 Å². The maximum Gasteiger partial charge on any atom is 0.315 e. The first-order valence-electron chi connectivity index (χ1n) is 6.71. The molecule has 0 aliphatic heterocycles. The number of aliphatic carboxylic acids is 1. The lowest BCUT2D eigenvalue weighted by Gasteiger charge is -2.15. The predicted molar refractivity (Wildman–Crippen MR) is 69.3 cm³/mol. The van der Waals surface area contributed by atoms with Gasteiger partial charge in [-0.05, 0) is 24.7 Å². The molecule has 0 bridgehead atoms. The number of urea groups is 1. The largest absolute Gasteiger partial charge is 0.481 e. The van der Waals surface area contributed by atoms with E-state index in [0.29, 0.717) is 18.3 Å². The van der Waals surface area contributed by atoms with Crippen LogP contribution in [-0.4, -0.2) is 29.7 Å². The minimum atomic E-state index is -0.846. The third-order valence-corrected chi connectivity index (χ3v) is 3.38. The molecular weight excluding hydrogens is 232 g/mol. The number of carbonyl (C=O) groups excluding carboxylic acids is 1. The summed E-state index contributed by atoms with van der Waals surface area (Å²) in [6, 6.07) is 0.0364. The smallest absolute Gasteiger partial charge is 0.315 e. The third kappa shape index (κ3) is 4.94. The van der Waals surface area contributed by atoms with Crippen LogP contribution in [0.4, 0.5) is 4.79 Å². The second-order valence-corrected chi connectivity index (χ2v) is 5.53. The number of carboxylic acids is 1. The van der Waals surface area contributed by atoms with Crippen molar-refractivity contribution in [3.8, 4) is 0 Å². The van der Waals surface area contributed by atoms with E-state index in [-0.39, 0.29) is 18.6 Å². The van der Waals surface area contributed by atoms with Gasteiger partial charge in [0.05, 0.1) is 5.92 Å². The SMILES string of the molecule is CCC1CC1NC(=O)NCC(CC(C)C)C(=O)O. The average molecular weight is 256 g/mol. The van der Waals surface area contributed by atoms with Crippen LogP contribution in [-0.2, 0) is 4.79 Å². The van der Waals surface area contributed by atoms with Gasteiger partial charge in [0.25, 0.3) is 0 Å². The Morgan fingerprint density at radius 1 is 1.39 bits per heavy atom. The topological polar surface area (TPSA) is 78.4 Å². The molecule has 0 saturated heterocycles. The minimum Gasteiger partial charge on any atom is -0.481 e. The van der Waals surface area contributed by atoms with E-state index in [9.17, 15) is 9.59 Å². The van der Waals surface area contributed by atoms with Gasteiger partial charge in [-0.2, -0.15) is 0 Å². The summed E-state index contributed by atoms with van der Waals surface area (Å²) in [4.78, 5) is 22.6. The lowest BCUT2D eigenvalue weighted by atomic mass is 9.97. The second kappa shape index (κ2) is 6.61. The van der Waals surface area contributed by atoms with Crippen LogP contribution in [0, 0.1) is 17.8 Å². The summed E-state index contributed by atoms with van der Waals surface area (Å²) < 4.78 is 0. The Kier molecular flexibility index (Phi) is 5.44. The highest BCUT2D eigenvalue weighted by atomic mass is 16.4. The first-order chi connectivity index (χ1) is 8.43. The molecule has 2 amide bonds. The summed E-state index contributed by atoms with van der Waals surface area (Å²) in [6.45, 7) is 6.26. The van der Waals surface area contributed by atoms with Crippen molar-refractivity contribution in [2.24, 2.45) is 17.8 Å². The van der Waals surface area contributed by atoms with Crippen molar-refractivity contribution in [2.45, 2.75) is 46.1 Å². The fourth-order valence-corrected chi connectivity index (χ4v) is 2.15. The summed E-state index contributed by atoms with van der Waals surface area (Å²) in [5, 5.41) is 14.6. The molecule has 1 saturated carbocycles. The van der Waals surface area contributed by atoms with Crippen LogP contribution in [0.2, 0.25) is 0 Å². The van der Waals surface area contributed by atoms with E-state index in [1.807, 2.05) is 13.8 Å². The van der Waals surface area contributed by atoms with Crippen LogP contribution in [0.25, 0.3) is 0 Å². The van der Waals surface area contributed by atoms with Crippen molar-refractivity contribution in [2.75, 3.05) is 6.54 Å².